The molecule has 2 heterocycles. The second kappa shape index (κ2) is 4.91. The summed E-state index contributed by atoms with van der Waals surface area (Å²) in [6, 6.07) is 0.677. The lowest BCUT2D eigenvalue weighted by Crippen LogP contribution is -2.35. The maximum atomic E-state index is 4.60. The van der Waals surface area contributed by atoms with Crippen LogP contribution in [0.4, 0.5) is 0 Å². The van der Waals surface area contributed by atoms with Crippen LogP contribution in [0, 0.1) is 12.3 Å². The van der Waals surface area contributed by atoms with Crippen molar-refractivity contribution in [1.82, 2.24) is 14.7 Å². The fourth-order valence-electron chi connectivity index (χ4n) is 3.00. The molecule has 1 aliphatic rings. The molecule has 2 aromatic rings. The first-order chi connectivity index (χ1) is 9.05. The minimum Gasteiger partial charge on any atom is -0.308 e. The first-order valence-electron chi connectivity index (χ1n) is 7.20. The third-order valence-corrected chi connectivity index (χ3v) is 5.22. The highest BCUT2D eigenvalue weighted by Crippen LogP contribution is 2.35. The summed E-state index contributed by atoms with van der Waals surface area (Å²) in [5, 5.41) is 5.83. The number of rotatable bonds is 3. The number of nitrogens with zero attached hydrogens (tertiary/aromatic N) is 2. The molecule has 0 bridgehead atoms. The topological polar surface area (TPSA) is 29.3 Å². The van der Waals surface area contributed by atoms with Gasteiger partial charge in [-0.2, -0.15) is 0 Å². The Morgan fingerprint density at radius 3 is 2.89 bits per heavy atom. The summed E-state index contributed by atoms with van der Waals surface area (Å²) in [7, 11) is 0. The molecule has 0 aromatic carbocycles. The van der Waals surface area contributed by atoms with Crippen molar-refractivity contribution in [1.29, 1.82) is 0 Å². The van der Waals surface area contributed by atoms with Crippen LogP contribution in [0.3, 0.4) is 0 Å². The molecule has 104 valence electrons. The number of hydrogen-bond donors (Lipinski definition) is 1. The van der Waals surface area contributed by atoms with Gasteiger partial charge in [-0.15, -0.1) is 11.3 Å². The Morgan fingerprint density at radius 2 is 2.16 bits per heavy atom. The van der Waals surface area contributed by atoms with E-state index in [1.165, 1.54) is 31.4 Å². The van der Waals surface area contributed by atoms with Gasteiger partial charge in [-0.3, -0.25) is 4.40 Å². The van der Waals surface area contributed by atoms with E-state index in [0.29, 0.717) is 11.5 Å². The van der Waals surface area contributed by atoms with E-state index in [1.54, 1.807) is 11.3 Å². The Kier molecular flexibility index (Phi) is 3.39. The summed E-state index contributed by atoms with van der Waals surface area (Å²) < 4.78 is 2.22. The molecule has 0 spiro atoms. The van der Waals surface area contributed by atoms with Crippen molar-refractivity contribution in [2.24, 2.45) is 5.41 Å². The zero-order valence-corrected chi connectivity index (χ0v) is 12.9. The standard InChI is InChI=1S/C15H23N3S/c1-11-13(18-8-9-19-14(18)17-11)10-16-12-4-6-15(2,3)7-5-12/h8-9,12,16H,4-7,10H2,1-3H3. The second-order valence-electron chi connectivity index (χ2n) is 6.52. The van der Waals surface area contributed by atoms with Crippen LogP contribution in [0.5, 0.6) is 0 Å². The lowest BCUT2D eigenvalue weighted by Gasteiger charge is -2.34. The van der Waals surface area contributed by atoms with Gasteiger partial charge in [0.05, 0.1) is 11.4 Å². The van der Waals surface area contributed by atoms with Crippen LogP contribution < -0.4 is 5.32 Å². The van der Waals surface area contributed by atoms with Crippen molar-refractivity contribution in [3.63, 3.8) is 0 Å². The van der Waals surface area contributed by atoms with Crippen LogP contribution in [0.25, 0.3) is 4.96 Å². The van der Waals surface area contributed by atoms with Crippen molar-refractivity contribution in [3.05, 3.63) is 23.0 Å². The molecule has 2 aromatic heterocycles. The third-order valence-electron chi connectivity index (χ3n) is 4.46. The van der Waals surface area contributed by atoms with Crippen molar-refractivity contribution < 1.29 is 0 Å². The smallest absolute Gasteiger partial charge is 0.194 e. The number of aryl methyl sites for hydroxylation is 1. The molecule has 1 saturated carbocycles. The van der Waals surface area contributed by atoms with Gasteiger partial charge in [-0.1, -0.05) is 13.8 Å². The molecule has 1 aliphatic carbocycles. The highest BCUT2D eigenvalue weighted by Gasteiger charge is 2.26. The zero-order chi connectivity index (χ0) is 13.5. The van der Waals surface area contributed by atoms with E-state index in [0.717, 1.165) is 17.2 Å². The van der Waals surface area contributed by atoms with E-state index in [-0.39, 0.29) is 0 Å². The monoisotopic (exact) mass is 277 g/mol. The van der Waals surface area contributed by atoms with Crippen LogP contribution in [0.15, 0.2) is 11.6 Å². The number of fused-ring (bicyclic) bond motifs is 1. The Balaban J connectivity index is 1.63. The number of thiazole rings is 1. The highest BCUT2D eigenvalue weighted by atomic mass is 32.1. The second-order valence-corrected chi connectivity index (χ2v) is 7.39. The van der Waals surface area contributed by atoms with E-state index in [1.807, 2.05) is 0 Å². The molecule has 4 heteroatoms. The number of imidazole rings is 1. The van der Waals surface area contributed by atoms with Crippen molar-refractivity contribution in [2.45, 2.75) is 59.0 Å². The molecule has 19 heavy (non-hydrogen) atoms. The van der Waals surface area contributed by atoms with Gasteiger partial charge in [0.25, 0.3) is 0 Å². The Morgan fingerprint density at radius 1 is 1.42 bits per heavy atom. The van der Waals surface area contributed by atoms with E-state index in [4.69, 9.17) is 0 Å². The fraction of sp³-hybridized carbons (Fsp3) is 0.667. The Hall–Kier alpha value is -0.870. The normalized spacial score (nSPS) is 20.2. The third kappa shape index (κ3) is 2.70. The average Bonchev–Trinajstić information content (AvgIpc) is 2.89. The van der Waals surface area contributed by atoms with Crippen LogP contribution in [0.2, 0.25) is 0 Å². The number of aromatic nitrogens is 2. The van der Waals surface area contributed by atoms with Gasteiger partial charge in [-0.25, -0.2) is 4.98 Å². The molecule has 3 nitrogen and oxygen atoms in total. The van der Waals surface area contributed by atoms with Crippen LogP contribution >= 0.6 is 11.3 Å². The van der Waals surface area contributed by atoms with E-state index < -0.39 is 0 Å². The average molecular weight is 277 g/mol. The van der Waals surface area contributed by atoms with E-state index >= 15 is 0 Å². The van der Waals surface area contributed by atoms with Gasteiger partial charge in [0, 0.05) is 24.2 Å². The minimum atomic E-state index is 0.547. The molecule has 1 N–H and O–H groups in total. The van der Waals surface area contributed by atoms with Gasteiger partial charge in [-0.05, 0) is 38.0 Å². The van der Waals surface area contributed by atoms with Crippen molar-refractivity contribution in [3.8, 4) is 0 Å². The quantitative estimate of drug-likeness (QED) is 0.925. The van der Waals surface area contributed by atoms with Crippen molar-refractivity contribution in [2.75, 3.05) is 0 Å². The van der Waals surface area contributed by atoms with E-state index in [2.05, 4.69) is 47.0 Å². The molecule has 1 fully saturated rings. The van der Waals surface area contributed by atoms with Crippen LogP contribution in [0.1, 0.15) is 50.9 Å². The lowest BCUT2D eigenvalue weighted by molar-refractivity contribution is 0.205. The van der Waals surface area contributed by atoms with Gasteiger partial charge in [0.1, 0.15) is 0 Å². The van der Waals surface area contributed by atoms with Gasteiger partial charge in [0.15, 0.2) is 4.96 Å². The Bertz CT molecular complexity index is 557. The summed E-state index contributed by atoms with van der Waals surface area (Å²) >= 11 is 1.71. The van der Waals surface area contributed by atoms with Gasteiger partial charge in [0.2, 0.25) is 0 Å². The van der Waals surface area contributed by atoms with E-state index in [9.17, 15) is 0 Å². The fourth-order valence-corrected chi connectivity index (χ4v) is 3.78. The minimum absolute atomic E-state index is 0.547. The molecular formula is C15H23N3S. The van der Waals surface area contributed by atoms with Crippen LogP contribution in [-0.2, 0) is 6.54 Å². The number of hydrogen-bond acceptors (Lipinski definition) is 3. The summed E-state index contributed by atoms with van der Waals surface area (Å²) in [5.41, 5.74) is 3.03. The maximum absolute atomic E-state index is 4.60. The molecule has 3 rings (SSSR count). The molecule has 0 radical (unpaired) electrons. The largest absolute Gasteiger partial charge is 0.308 e. The molecule has 0 saturated heterocycles. The van der Waals surface area contributed by atoms with Gasteiger partial charge < -0.3 is 5.32 Å². The summed E-state index contributed by atoms with van der Waals surface area (Å²) in [5.74, 6) is 0. The molecule has 0 amide bonds. The molecule has 0 atom stereocenters. The van der Waals surface area contributed by atoms with Crippen LogP contribution in [-0.4, -0.2) is 15.4 Å². The summed E-state index contributed by atoms with van der Waals surface area (Å²) in [4.78, 5) is 5.71. The summed E-state index contributed by atoms with van der Waals surface area (Å²) in [6.45, 7) is 7.83. The number of nitrogens with one attached hydrogen (secondary N) is 1. The first-order valence-corrected chi connectivity index (χ1v) is 8.07. The van der Waals surface area contributed by atoms with Crippen molar-refractivity contribution >= 4 is 16.3 Å². The molecule has 0 unspecified atom stereocenters. The zero-order valence-electron chi connectivity index (χ0n) is 12.1. The predicted molar refractivity (Wildman–Crippen MR) is 80.7 cm³/mol. The Labute approximate surface area is 119 Å². The first kappa shape index (κ1) is 13.1. The molecule has 0 aliphatic heterocycles. The van der Waals surface area contributed by atoms with Gasteiger partial charge >= 0.3 is 0 Å². The molecular weight excluding hydrogens is 254 g/mol. The SMILES string of the molecule is Cc1nc2sccn2c1CNC1CCC(C)(C)CC1. The highest BCUT2D eigenvalue weighted by molar-refractivity contribution is 7.15. The lowest BCUT2D eigenvalue weighted by atomic mass is 9.75. The maximum Gasteiger partial charge on any atom is 0.194 e. The summed E-state index contributed by atoms with van der Waals surface area (Å²) in [6.07, 6.45) is 7.41. The predicted octanol–water partition coefficient (Wildman–Crippen LogP) is 3.76.